The van der Waals surface area contributed by atoms with Gasteiger partial charge >= 0.3 is 18.0 Å². The lowest BCUT2D eigenvalue weighted by atomic mass is 9.96. The number of imide groups is 1. The minimum Gasteiger partial charge on any atom is -0.481 e. The Kier molecular flexibility index (Phi) is 7.95. The molecule has 2 aromatic carbocycles. The molecule has 15 nitrogen and oxygen atoms in total. The Morgan fingerprint density at radius 1 is 1.05 bits per heavy atom. The van der Waals surface area contributed by atoms with E-state index < -0.39 is 59.7 Å². The number of rotatable bonds is 10. The Hall–Kier alpha value is -5.31. The first kappa shape index (κ1) is 28.3. The highest BCUT2D eigenvalue weighted by Gasteiger charge is 2.64. The van der Waals surface area contributed by atoms with Crippen molar-refractivity contribution < 1.29 is 39.0 Å². The number of anilines is 1. The number of Topliss-reactive ketones (excluding diaryl/α,β-unsaturated/α-hetero) is 1. The summed E-state index contributed by atoms with van der Waals surface area (Å²) in [6, 6.07) is 7.87. The maximum atomic E-state index is 13.6. The largest absolute Gasteiger partial charge is 0.481 e. The minimum absolute atomic E-state index is 0.130. The number of aliphatic carboxylic acids is 2. The topological polar surface area (TPSA) is 252 Å². The number of nitrogens with zero attached hydrogens (tertiary/aromatic N) is 3. The molecule has 1 fully saturated rings. The average Bonchev–Trinajstić information content (AvgIpc) is 3.15. The van der Waals surface area contributed by atoms with Gasteiger partial charge in [-0.3, -0.25) is 24.1 Å². The van der Waals surface area contributed by atoms with Crippen LogP contribution in [0.3, 0.4) is 0 Å². The first-order valence-electron chi connectivity index (χ1n) is 11.3. The third-order valence-corrected chi connectivity index (χ3v) is 5.81. The van der Waals surface area contributed by atoms with Gasteiger partial charge in [-0.05, 0) is 36.8 Å². The molecule has 0 saturated carbocycles. The van der Waals surface area contributed by atoms with Gasteiger partial charge in [0.15, 0.2) is 11.7 Å². The number of nitrogens with one attached hydrogen (secondary N) is 1. The first-order chi connectivity index (χ1) is 18.3. The summed E-state index contributed by atoms with van der Waals surface area (Å²) >= 11 is 0. The quantitative estimate of drug-likeness (QED) is 0.0960. The fourth-order valence-electron chi connectivity index (χ4n) is 4.15. The number of benzene rings is 2. The molecule has 0 aromatic heterocycles. The molecule has 1 heterocycles. The monoisotopic (exact) mass is 539 g/mol. The molecule has 2 aromatic rings. The van der Waals surface area contributed by atoms with E-state index in [4.69, 9.17) is 22.3 Å². The third kappa shape index (κ3) is 5.24. The fraction of sp³-hybridized carbons (Fsp3) is 0.208. The summed E-state index contributed by atoms with van der Waals surface area (Å²) in [6.45, 7) is 0.776. The number of amides is 4. The number of carbonyl (C=O) groups is 6. The summed E-state index contributed by atoms with van der Waals surface area (Å²) in [4.78, 5) is 82.0. The van der Waals surface area contributed by atoms with Crippen LogP contribution in [0.2, 0.25) is 0 Å². The van der Waals surface area contributed by atoms with Crippen LogP contribution in [-0.4, -0.2) is 68.3 Å². The SMILES string of the molecule is CC(=O)[C@](C(=O)O)(N1C(=O)NC(c2ccc(N=C(N)N)cc2)C1=O)N(C(=O)[C@@H](N)CC(=O)O)c1ccccc1. The van der Waals surface area contributed by atoms with E-state index in [1.165, 1.54) is 54.6 Å². The van der Waals surface area contributed by atoms with E-state index in [1.54, 1.807) is 0 Å². The summed E-state index contributed by atoms with van der Waals surface area (Å²) in [5, 5.41) is 21.9. The molecule has 0 radical (unpaired) electrons. The Bertz CT molecular complexity index is 1340. The second-order valence-corrected chi connectivity index (χ2v) is 8.43. The van der Waals surface area contributed by atoms with Crippen molar-refractivity contribution >= 4 is 52.9 Å². The summed E-state index contributed by atoms with van der Waals surface area (Å²) < 4.78 is 0. The van der Waals surface area contributed by atoms with Crippen LogP contribution in [0.4, 0.5) is 16.2 Å². The molecule has 9 N–H and O–H groups in total. The molecule has 15 heteroatoms. The number of nitrogens with two attached hydrogens (primary N) is 3. The zero-order valence-electron chi connectivity index (χ0n) is 20.5. The lowest BCUT2D eigenvalue weighted by Crippen LogP contribution is -2.74. The van der Waals surface area contributed by atoms with Crippen LogP contribution in [0.5, 0.6) is 0 Å². The number of ketones is 1. The number of hydrogen-bond donors (Lipinski definition) is 6. The number of urea groups is 1. The van der Waals surface area contributed by atoms with Crippen molar-refractivity contribution in [3.05, 3.63) is 60.2 Å². The molecule has 0 aliphatic carbocycles. The van der Waals surface area contributed by atoms with Crippen LogP contribution in [0.15, 0.2) is 59.6 Å². The maximum Gasteiger partial charge on any atom is 0.360 e. The molecule has 1 saturated heterocycles. The van der Waals surface area contributed by atoms with Crippen LogP contribution < -0.4 is 27.4 Å². The second-order valence-electron chi connectivity index (χ2n) is 8.43. The summed E-state index contributed by atoms with van der Waals surface area (Å²) in [5.74, 6) is -7.56. The van der Waals surface area contributed by atoms with E-state index in [-0.39, 0.29) is 22.1 Å². The third-order valence-electron chi connectivity index (χ3n) is 5.81. The second kappa shape index (κ2) is 11.0. The van der Waals surface area contributed by atoms with E-state index in [0.29, 0.717) is 10.6 Å². The molecule has 3 rings (SSSR count). The van der Waals surface area contributed by atoms with Gasteiger partial charge < -0.3 is 32.7 Å². The van der Waals surface area contributed by atoms with Crippen LogP contribution in [0.25, 0.3) is 0 Å². The molecule has 1 aliphatic heterocycles. The number of aliphatic imine (C=N–C) groups is 1. The molecule has 204 valence electrons. The highest BCUT2D eigenvalue weighted by molar-refractivity contribution is 6.23. The summed E-state index contributed by atoms with van der Waals surface area (Å²) in [6.07, 6.45) is -0.930. The number of carboxylic acids is 2. The Labute approximate surface area is 220 Å². The zero-order valence-corrected chi connectivity index (χ0v) is 20.5. The zero-order chi connectivity index (χ0) is 29.1. The maximum absolute atomic E-state index is 13.6. The average molecular weight is 540 g/mol. The molecule has 1 aliphatic rings. The van der Waals surface area contributed by atoms with Crippen LogP contribution in [0, 0.1) is 0 Å². The van der Waals surface area contributed by atoms with E-state index in [1.807, 2.05) is 0 Å². The predicted molar refractivity (Wildman–Crippen MR) is 135 cm³/mol. The number of guanidine groups is 1. The van der Waals surface area contributed by atoms with Gasteiger partial charge in [-0.25, -0.2) is 19.5 Å². The molecule has 3 atom stereocenters. The van der Waals surface area contributed by atoms with Gasteiger partial charge in [-0.1, -0.05) is 30.3 Å². The Balaban J connectivity index is 2.20. The van der Waals surface area contributed by atoms with E-state index in [2.05, 4.69) is 10.3 Å². The van der Waals surface area contributed by atoms with Crippen molar-refractivity contribution in [2.45, 2.75) is 31.1 Å². The van der Waals surface area contributed by atoms with Crippen molar-refractivity contribution in [3.8, 4) is 0 Å². The highest BCUT2D eigenvalue weighted by Crippen LogP contribution is 2.36. The summed E-state index contributed by atoms with van der Waals surface area (Å²) in [7, 11) is 0. The van der Waals surface area contributed by atoms with Gasteiger partial charge in [-0.2, -0.15) is 0 Å². The van der Waals surface area contributed by atoms with E-state index in [0.717, 1.165) is 6.92 Å². The standard InChI is InChI=1S/C24H25N7O8/c1-12(32)24(21(37)38,30(15-5-3-2-4-6-15)19(35)16(25)11-17(33)34)31-20(36)18(29-23(31)39)13-7-9-14(10-8-13)28-22(26)27/h2-10,16,18H,11,25H2,1H3,(H,29,39)(H,33,34)(H,37,38)(H4,26,27,28)/t16-,18?,24+/m0/s1. The van der Waals surface area contributed by atoms with Crippen molar-refractivity contribution in [1.82, 2.24) is 10.2 Å². The van der Waals surface area contributed by atoms with Crippen molar-refractivity contribution in [3.63, 3.8) is 0 Å². The van der Waals surface area contributed by atoms with E-state index >= 15 is 0 Å². The Morgan fingerprint density at radius 2 is 1.64 bits per heavy atom. The normalized spacial score (nSPS) is 17.0. The van der Waals surface area contributed by atoms with Crippen molar-refractivity contribution in [1.29, 1.82) is 0 Å². The molecule has 39 heavy (non-hydrogen) atoms. The molecule has 0 spiro atoms. The predicted octanol–water partition coefficient (Wildman–Crippen LogP) is -0.610. The highest BCUT2D eigenvalue weighted by atomic mass is 16.4. The van der Waals surface area contributed by atoms with Crippen molar-refractivity contribution in [2.75, 3.05) is 4.90 Å². The number of carboxylic acid groups (broad SMARTS) is 2. The molecule has 1 unspecified atom stereocenters. The minimum atomic E-state index is -3.26. The Morgan fingerprint density at radius 3 is 2.13 bits per heavy atom. The molecular weight excluding hydrogens is 514 g/mol. The molecule has 0 bridgehead atoms. The number of para-hydroxylation sites is 1. The van der Waals surface area contributed by atoms with Gasteiger partial charge in [-0.15, -0.1) is 0 Å². The smallest absolute Gasteiger partial charge is 0.360 e. The van der Waals surface area contributed by atoms with Crippen LogP contribution >= 0.6 is 0 Å². The van der Waals surface area contributed by atoms with Gasteiger partial charge in [0.25, 0.3) is 11.6 Å². The van der Waals surface area contributed by atoms with Gasteiger partial charge in [0.2, 0.25) is 5.91 Å². The first-order valence-corrected chi connectivity index (χ1v) is 11.3. The van der Waals surface area contributed by atoms with Crippen LogP contribution in [-0.2, 0) is 24.0 Å². The van der Waals surface area contributed by atoms with Gasteiger partial charge in [0.05, 0.1) is 18.2 Å². The number of carbonyl (C=O) groups excluding carboxylic acids is 4. The lowest BCUT2D eigenvalue weighted by molar-refractivity contribution is -0.161. The van der Waals surface area contributed by atoms with Gasteiger partial charge in [0, 0.05) is 5.69 Å². The lowest BCUT2D eigenvalue weighted by Gasteiger charge is -2.43. The molecule has 4 amide bonds. The summed E-state index contributed by atoms with van der Waals surface area (Å²) in [5.41, 5.74) is 13.5. The van der Waals surface area contributed by atoms with E-state index in [9.17, 15) is 33.9 Å². The fourth-order valence-corrected chi connectivity index (χ4v) is 4.15. The van der Waals surface area contributed by atoms with Crippen molar-refractivity contribution in [2.24, 2.45) is 22.2 Å². The number of hydrogen-bond acceptors (Lipinski definition) is 8. The van der Waals surface area contributed by atoms with Gasteiger partial charge in [0.1, 0.15) is 6.04 Å². The molecular formula is C24H25N7O8. The van der Waals surface area contributed by atoms with Crippen LogP contribution in [0.1, 0.15) is 24.9 Å².